The molecule has 2 aromatic rings. The molecule has 142 valence electrons. The van der Waals surface area contributed by atoms with E-state index in [1.54, 1.807) is 0 Å². The molecule has 27 heavy (non-hydrogen) atoms. The van der Waals surface area contributed by atoms with Crippen molar-refractivity contribution in [2.75, 3.05) is 11.9 Å². The van der Waals surface area contributed by atoms with E-state index < -0.39 is 30.2 Å². The summed E-state index contributed by atoms with van der Waals surface area (Å²) in [7, 11) is 0. The van der Waals surface area contributed by atoms with Crippen LogP contribution < -0.4 is 5.32 Å². The predicted molar refractivity (Wildman–Crippen MR) is 96.3 cm³/mol. The van der Waals surface area contributed by atoms with Gasteiger partial charge in [-0.3, -0.25) is 4.79 Å². The fraction of sp³-hybridized carbons (Fsp3) is 0.158. The number of amides is 1. The number of hydrogen-bond acceptors (Lipinski definition) is 3. The highest BCUT2D eigenvalue weighted by Crippen LogP contribution is 2.33. The number of benzene rings is 2. The van der Waals surface area contributed by atoms with Gasteiger partial charge in [0.15, 0.2) is 6.61 Å². The lowest BCUT2D eigenvalue weighted by Gasteiger charge is -2.11. The van der Waals surface area contributed by atoms with Crippen molar-refractivity contribution in [2.24, 2.45) is 0 Å². The minimum Gasteiger partial charge on any atom is -0.452 e. The normalized spacial score (nSPS) is 11.4. The molecule has 0 bridgehead atoms. The van der Waals surface area contributed by atoms with Crippen molar-refractivity contribution >= 4 is 35.2 Å². The number of halogens is 4. The zero-order valence-electron chi connectivity index (χ0n) is 14.1. The molecule has 0 unspecified atom stereocenters. The van der Waals surface area contributed by atoms with Crippen LogP contribution in [-0.4, -0.2) is 18.5 Å². The van der Waals surface area contributed by atoms with Gasteiger partial charge in [0.05, 0.1) is 16.3 Å². The molecule has 8 heteroatoms. The first-order valence-electron chi connectivity index (χ1n) is 7.73. The van der Waals surface area contributed by atoms with Crippen LogP contribution >= 0.6 is 11.6 Å². The number of anilines is 1. The van der Waals surface area contributed by atoms with E-state index in [9.17, 15) is 22.8 Å². The first-order chi connectivity index (χ1) is 12.6. The highest BCUT2D eigenvalue weighted by atomic mass is 35.5. The van der Waals surface area contributed by atoms with Gasteiger partial charge in [-0.1, -0.05) is 41.4 Å². The van der Waals surface area contributed by atoms with Crippen LogP contribution in [0.3, 0.4) is 0 Å². The predicted octanol–water partition coefficient (Wildman–Crippen LogP) is 4.86. The highest BCUT2D eigenvalue weighted by Gasteiger charge is 2.31. The summed E-state index contributed by atoms with van der Waals surface area (Å²) in [6, 6.07) is 9.89. The van der Waals surface area contributed by atoms with Crippen LogP contribution in [0.15, 0.2) is 48.5 Å². The molecular weight excluding hydrogens is 383 g/mol. The maximum atomic E-state index is 12.7. The van der Waals surface area contributed by atoms with Gasteiger partial charge in [-0.2, -0.15) is 13.2 Å². The molecule has 4 nitrogen and oxygen atoms in total. The van der Waals surface area contributed by atoms with Crippen LogP contribution in [-0.2, 0) is 20.5 Å². The molecule has 0 aromatic heterocycles. The third kappa shape index (κ3) is 6.45. The van der Waals surface area contributed by atoms with Crippen LogP contribution in [0.2, 0.25) is 5.02 Å². The summed E-state index contributed by atoms with van der Waals surface area (Å²) in [6.45, 7) is 1.26. The molecule has 1 N–H and O–H groups in total. The zero-order valence-corrected chi connectivity index (χ0v) is 14.9. The van der Waals surface area contributed by atoms with Gasteiger partial charge in [0.1, 0.15) is 0 Å². The smallest absolute Gasteiger partial charge is 0.416 e. The van der Waals surface area contributed by atoms with Gasteiger partial charge in [0.25, 0.3) is 5.91 Å². The molecule has 2 rings (SSSR count). The number of carbonyl (C=O) groups excluding carboxylic acids is 2. The Morgan fingerprint density at radius 2 is 1.81 bits per heavy atom. The van der Waals surface area contributed by atoms with Crippen LogP contribution in [0.25, 0.3) is 6.08 Å². The molecule has 0 saturated heterocycles. The number of ether oxygens (including phenoxy) is 1. The Morgan fingerprint density at radius 1 is 1.15 bits per heavy atom. The molecular formula is C19H15ClF3NO3. The minimum atomic E-state index is -4.57. The lowest BCUT2D eigenvalue weighted by atomic mass is 10.1. The van der Waals surface area contributed by atoms with Crippen molar-refractivity contribution in [2.45, 2.75) is 13.1 Å². The molecule has 1 amide bonds. The van der Waals surface area contributed by atoms with E-state index in [0.29, 0.717) is 6.07 Å². The van der Waals surface area contributed by atoms with Gasteiger partial charge >= 0.3 is 12.1 Å². The van der Waals surface area contributed by atoms with Crippen molar-refractivity contribution < 1.29 is 27.5 Å². The van der Waals surface area contributed by atoms with E-state index >= 15 is 0 Å². The summed E-state index contributed by atoms with van der Waals surface area (Å²) in [5, 5.41) is 2.12. The topological polar surface area (TPSA) is 55.4 Å². The van der Waals surface area contributed by atoms with Gasteiger partial charge in [-0.25, -0.2) is 4.79 Å². The SMILES string of the molecule is Cc1ccc(/C=C/C(=O)OCC(=O)Nc2cc(C(F)(F)F)ccc2Cl)cc1. The number of alkyl halides is 3. The largest absolute Gasteiger partial charge is 0.452 e. The standard InChI is InChI=1S/C19H15ClF3NO3/c1-12-2-4-13(5-3-12)6-9-18(26)27-11-17(25)24-16-10-14(19(21,22)23)7-8-15(16)20/h2-10H,11H2,1H3,(H,24,25)/b9-6+. The number of rotatable bonds is 5. The Kier molecular flexibility index (Phi) is 6.63. The second-order valence-electron chi connectivity index (χ2n) is 5.59. The van der Waals surface area contributed by atoms with Crippen LogP contribution in [0.4, 0.5) is 18.9 Å². The lowest BCUT2D eigenvalue weighted by Crippen LogP contribution is -2.20. The van der Waals surface area contributed by atoms with Crippen LogP contribution in [0, 0.1) is 6.92 Å². The zero-order chi connectivity index (χ0) is 20.0. The van der Waals surface area contributed by atoms with E-state index in [1.165, 1.54) is 6.08 Å². The lowest BCUT2D eigenvalue weighted by molar-refractivity contribution is -0.142. The Hall–Kier alpha value is -2.80. The Balaban J connectivity index is 1.90. The molecule has 0 heterocycles. The van der Waals surface area contributed by atoms with Crippen molar-refractivity contribution in [3.63, 3.8) is 0 Å². The Morgan fingerprint density at radius 3 is 2.44 bits per heavy atom. The van der Waals surface area contributed by atoms with Gasteiger partial charge in [0, 0.05) is 6.08 Å². The van der Waals surface area contributed by atoms with Crippen LogP contribution in [0.1, 0.15) is 16.7 Å². The molecule has 0 aliphatic heterocycles. The first kappa shape index (κ1) is 20.5. The molecule has 0 radical (unpaired) electrons. The molecule has 0 spiro atoms. The molecule has 2 aromatic carbocycles. The minimum absolute atomic E-state index is 0.0676. The van der Waals surface area contributed by atoms with Crippen molar-refractivity contribution in [1.82, 2.24) is 0 Å². The first-order valence-corrected chi connectivity index (χ1v) is 8.11. The van der Waals surface area contributed by atoms with Gasteiger partial charge in [0.2, 0.25) is 0 Å². The molecule has 0 saturated carbocycles. The van der Waals surface area contributed by atoms with E-state index in [0.717, 1.165) is 29.3 Å². The van der Waals surface area contributed by atoms with Gasteiger partial charge in [-0.15, -0.1) is 0 Å². The summed E-state index contributed by atoms with van der Waals surface area (Å²) in [5.41, 5.74) is 0.667. The van der Waals surface area contributed by atoms with E-state index in [1.807, 2.05) is 31.2 Å². The maximum Gasteiger partial charge on any atom is 0.416 e. The summed E-state index contributed by atoms with van der Waals surface area (Å²) in [6.07, 6.45) is -1.91. The summed E-state index contributed by atoms with van der Waals surface area (Å²) < 4.78 is 42.9. The second kappa shape index (κ2) is 8.73. The molecule has 0 fully saturated rings. The number of nitrogens with one attached hydrogen (secondary N) is 1. The monoisotopic (exact) mass is 397 g/mol. The second-order valence-corrected chi connectivity index (χ2v) is 6.00. The average molecular weight is 398 g/mol. The summed E-state index contributed by atoms with van der Waals surface area (Å²) in [4.78, 5) is 23.4. The Bertz CT molecular complexity index is 861. The van der Waals surface area contributed by atoms with Crippen molar-refractivity contribution in [1.29, 1.82) is 0 Å². The molecule has 0 aliphatic rings. The van der Waals surface area contributed by atoms with Crippen molar-refractivity contribution in [3.05, 3.63) is 70.3 Å². The summed E-state index contributed by atoms with van der Waals surface area (Å²) in [5.74, 6) is -1.57. The summed E-state index contributed by atoms with van der Waals surface area (Å²) >= 11 is 5.78. The van der Waals surface area contributed by atoms with Gasteiger partial charge < -0.3 is 10.1 Å². The maximum absolute atomic E-state index is 12.7. The van der Waals surface area contributed by atoms with Gasteiger partial charge in [-0.05, 0) is 36.8 Å². The van der Waals surface area contributed by atoms with E-state index in [-0.39, 0.29) is 10.7 Å². The third-order valence-corrected chi connectivity index (χ3v) is 3.73. The average Bonchev–Trinajstić information content (AvgIpc) is 2.60. The number of carbonyl (C=O) groups is 2. The number of esters is 1. The third-order valence-electron chi connectivity index (χ3n) is 3.40. The van der Waals surface area contributed by atoms with E-state index in [2.05, 4.69) is 5.32 Å². The molecule has 0 atom stereocenters. The fourth-order valence-electron chi connectivity index (χ4n) is 2.01. The fourth-order valence-corrected chi connectivity index (χ4v) is 2.18. The molecule has 0 aliphatic carbocycles. The highest BCUT2D eigenvalue weighted by molar-refractivity contribution is 6.33. The number of hydrogen-bond donors (Lipinski definition) is 1. The van der Waals surface area contributed by atoms with E-state index in [4.69, 9.17) is 16.3 Å². The quantitative estimate of drug-likeness (QED) is 0.579. The van der Waals surface area contributed by atoms with Crippen LogP contribution in [0.5, 0.6) is 0 Å². The number of aryl methyl sites for hydroxylation is 1. The Labute approximate surface area is 158 Å². The van der Waals surface area contributed by atoms with Crippen molar-refractivity contribution in [3.8, 4) is 0 Å².